The van der Waals surface area contributed by atoms with E-state index in [0.717, 1.165) is 5.56 Å². The van der Waals surface area contributed by atoms with E-state index in [4.69, 9.17) is 5.11 Å². The molecule has 4 N–H and O–H groups in total. The Hall–Kier alpha value is -1.79. The van der Waals surface area contributed by atoms with Crippen molar-refractivity contribution in [2.24, 2.45) is 11.8 Å². The summed E-state index contributed by atoms with van der Waals surface area (Å²) in [5, 5.41) is 37.5. The highest BCUT2D eigenvalue weighted by Crippen LogP contribution is 2.37. The molecule has 3 atom stereocenters. The molecule has 1 amide bonds. The second-order valence-corrected chi connectivity index (χ2v) is 5.19. The number of hydrogen-bond donors (Lipinski definition) is 4. The number of nitrogens with zero attached hydrogens (tertiary/aromatic N) is 1. The first-order valence-corrected chi connectivity index (χ1v) is 6.55. The molecule has 0 aromatic heterocycles. The van der Waals surface area contributed by atoms with Crippen LogP contribution in [0.2, 0.25) is 0 Å². The Morgan fingerprint density at radius 1 is 1.10 bits per heavy atom. The second kappa shape index (κ2) is 6.11. The lowest BCUT2D eigenvalue weighted by Crippen LogP contribution is -2.49. The average Bonchev–Trinajstić information content (AvgIpc) is 2.46. The Morgan fingerprint density at radius 3 is 2.00 bits per heavy atom. The zero-order valence-corrected chi connectivity index (χ0v) is 11.0. The number of piperidine rings is 1. The van der Waals surface area contributed by atoms with E-state index in [1.165, 1.54) is 4.90 Å². The van der Waals surface area contributed by atoms with Gasteiger partial charge in [-0.15, -0.1) is 0 Å². The minimum absolute atomic E-state index is 0.124. The first-order valence-electron chi connectivity index (χ1n) is 6.55. The van der Waals surface area contributed by atoms with Gasteiger partial charge in [-0.1, -0.05) is 12.1 Å². The molecule has 20 heavy (non-hydrogen) atoms. The van der Waals surface area contributed by atoms with Gasteiger partial charge in [-0.3, -0.25) is 0 Å². The second-order valence-electron chi connectivity index (χ2n) is 5.19. The summed E-state index contributed by atoms with van der Waals surface area (Å²) in [5.74, 6) is -0.498. The highest BCUT2D eigenvalue weighted by molar-refractivity contribution is 5.65. The largest absolute Gasteiger partial charge is 0.508 e. The van der Waals surface area contributed by atoms with Crippen LogP contribution in [0.15, 0.2) is 24.3 Å². The average molecular weight is 281 g/mol. The summed E-state index contributed by atoms with van der Waals surface area (Å²) in [5.41, 5.74) is 0.894. The number of likely N-dealkylation sites (tertiary alicyclic amines) is 1. The molecule has 6 heteroatoms. The molecule has 2 rings (SSSR count). The van der Waals surface area contributed by atoms with Crippen LogP contribution in [0.25, 0.3) is 0 Å². The first-order chi connectivity index (χ1) is 9.56. The van der Waals surface area contributed by atoms with Gasteiger partial charge < -0.3 is 25.3 Å². The number of phenols is 1. The smallest absolute Gasteiger partial charge is 0.407 e. The third kappa shape index (κ3) is 2.86. The molecule has 0 spiro atoms. The number of rotatable bonds is 3. The first kappa shape index (κ1) is 14.6. The van der Waals surface area contributed by atoms with Gasteiger partial charge in [0.25, 0.3) is 0 Å². The molecule has 0 radical (unpaired) electrons. The predicted molar refractivity (Wildman–Crippen MR) is 71.6 cm³/mol. The summed E-state index contributed by atoms with van der Waals surface area (Å²) < 4.78 is 0. The molecule has 1 aromatic carbocycles. The molecule has 1 aliphatic heterocycles. The Labute approximate surface area is 116 Å². The van der Waals surface area contributed by atoms with Crippen molar-refractivity contribution in [1.82, 2.24) is 4.90 Å². The number of hydrogen-bond acceptors (Lipinski definition) is 4. The SMILES string of the molecule is O=C(O)N1C[C@@H](CO)C(c2ccc(O)cc2)[C@@H](CO)C1. The number of carbonyl (C=O) groups is 1. The topological polar surface area (TPSA) is 101 Å². The maximum Gasteiger partial charge on any atom is 0.407 e. The van der Waals surface area contributed by atoms with Gasteiger partial charge in [-0.25, -0.2) is 4.79 Å². The Bertz CT molecular complexity index is 447. The fourth-order valence-corrected chi connectivity index (χ4v) is 2.99. The molecule has 1 saturated heterocycles. The van der Waals surface area contributed by atoms with E-state index in [1.807, 2.05) is 0 Å². The van der Waals surface area contributed by atoms with E-state index in [0.29, 0.717) is 0 Å². The molecule has 1 aromatic rings. The summed E-state index contributed by atoms with van der Waals surface area (Å²) in [4.78, 5) is 12.3. The molecule has 6 nitrogen and oxygen atoms in total. The highest BCUT2D eigenvalue weighted by Gasteiger charge is 2.38. The van der Waals surface area contributed by atoms with Crippen LogP contribution in [-0.4, -0.2) is 57.7 Å². The number of amides is 1. The standard InChI is InChI=1S/C14H19NO5/c16-7-10-5-15(14(19)20)6-11(8-17)13(10)9-1-3-12(18)4-2-9/h1-4,10-11,13,16-18H,5-8H2,(H,19,20)/t10-,11+,13?. The van der Waals surface area contributed by atoms with Crippen LogP contribution in [0, 0.1) is 11.8 Å². The van der Waals surface area contributed by atoms with Crippen LogP contribution in [0.3, 0.4) is 0 Å². The van der Waals surface area contributed by atoms with Gasteiger partial charge in [-0.05, 0) is 23.6 Å². The van der Waals surface area contributed by atoms with Gasteiger partial charge in [0.2, 0.25) is 0 Å². The molecule has 1 heterocycles. The van der Waals surface area contributed by atoms with Crippen LogP contribution < -0.4 is 0 Å². The quantitative estimate of drug-likeness (QED) is 0.653. The van der Waals surface area contributed by atoms with Crippen molar-refractivity contribution in [1.29, 1.82) is 0 Å². The highest BCUT2D eigenvalue weighted by atomic mass is 16.4. The van der Waals surface area contributed by atoms with Gasteiger partial charge in [0.1, 0.15) is 5.75 Å². The number of carboxylic acid groups (broad SMARTS) is 1. The summed E-state index contributed by atoms with van der Waals surface area (Å²) >= 11 is 0. The fraction of sp³-hybridized carbons (Fsp3) is 0.500. The maximum absolute atomic E-state index is 11.1. The molecule has 1 aliphatic rings. The van der Waals surface area contributed by atoms with Crippen LogP contribution in [0.4, 0.5) is 4.79 Å². The minimum Gasteiger partial charge on any atom is -0.508 e. The van der Waals surface area contributed by atoms with Gasteiger partial charge in [0, 0.05) is 38.1 Å². The summed E-state index contributed by atoms with van der Waals surface area (Å²) in [6.45, 7) is 0.194. The maximum atomic E-state index is 11.1. The van der Waals surface area contributed by atoms with E-state index in [2.05, 4.69) is 0 Å². The van der Waals surface area contributed by atoms with E-state index < -0.39 is 6.09 Å². The third-order valence-electron chi connectivity index (χ3n) is 3.94. The number of aliphatic hydroxyl groups is 2. The Morgan fingerprint density at radius 2 is 1.60 bits per heavy atom. The van der Waals surface area contributed by atoms with Crippen molar-refractivity contribution < 1.29 is 25.2 Å². The van der Waals surface area contributed by atoms with Gasteiger partial charge in [0.15, 0.2) is 0 Å². The third-order valence-corrected chi connectivity index (χ3v) is 3.94. The van der Waals surface area contributed by atoms with E-state index in [9.17, 15) is 20.1 Å². The van der Waals surface area contributed by atoms with Crippen LogP contribution in [0.5, 0.6) is 5.75 Å². The van der Waals surface area contributed by atoms with E-state index in [-0.39, 0.29) is 49.8 Å². The van der Waals surface area contributed by atoms with Crippen molar-refractivity contribution in [3.8, 4) is 5.75 Å². The lowest BCUT2D eigenvalue weighted by Gasteiger charge is -2.42. The van der Waals surface area contributed by atoms with Crippen molar-refractivity contribution in [2.75, 3.05) is 26.3 Å². The molecule has 0 aliphatic carbocycles. The number of aromatic hydroxyl groups is 1. The van der Waals surface area contributed by atoms with Gasteiger partial charge in [0.05, 0.1) is 0 Å². The number of aliphatic hydroxyl groups excluding tert-OH is 2. The number of phenolic OH excluding ortho intramolecular Hbond substituents is 1. The van der Waals surface area contributed by atoms with E-state index >= 15 is 0 Å². The Balaban J connectivity index is 2.28. The summed E-state index contributed by atoms with van der Waals surface area (Å²) in [6, 6.07) is 6.62. The van der Waals surface area contributed by atoms with Crippen LogP contribution >= 0.6 is 0 Å². The monoisotopic (exact) mass is 281 g/mol. The minimum atomic E-state index is -1.04. The molecular weight excluding hydrogens is 262 g/mol. The molecule has 0 bridgehead atoms. The summed E-state index contributed by atoms with van der Waals surface area (Å²) in [6.07, 6.45) is -1.04. The summed E-state index contributed by atoms with van der Waals surface area (Å²) in [7, 11) is 0. The van der Waals surface area contributed by atoms with Crippen molar-refractivity contribution >= 4 is 6.09 Å². The van der Waals surface area contributed by atoms with Crippen molar-refractivity contribution in [3.63, 3.8) is 0 Å². The number of benzene rings is 1. The lowest BCUT2D eigenvalue weighted by molar-refractivity contribution is 0.0387. The Kier molecular flexibility index (Phi) is 4.46. The zero-order chi connectivity index (χ0) is 14.7. The predicted octanol–water partition coefficient (Wildman–Crippen LogP) is 0.686. The molecule has 110 valence electrons. The van der Waals surface area contributed by atoms with Crippen LogP contribution in [-0.2, 0) is 0 Å². The molecule has 1 fully saturated rings. The van der Waals surface area contributed by atoms with Crippen molar-refractivity contribution in [2.45, 2.75) is 5.92 Å². The molecular formula is C14H19NO5. The lowest BCUT2D eigenvalue weighted by atomic mass is 9.74. The van der Waals surface area contributed by atoms with Gasteiger partial charge >= 0.3 is 6.09 Å². The van der Waals surface area contributed by atoms with Gasteiger partial charge in [-0.2, -0.15) is 0 Å². The zero-order valence-electron chi connectivity index (χ0n) is 11.0. The van der Waals surface area contributed by atoms with Crippen LogP contribution in [0.1, 0.15) is 11.5 Å². The molecule has 1 unspecified atom stereocenters. The normalized spacial score (nSPS) is 26.5. The van der Waals surface area contributed by atoms with E-state index in [1.54, 1.807) is 24.3 Å². The fourth-order valence-electron chi connectivity index (χ4n) is 2.99. The van der Waals surface area contributed by atoms with Crippen molar-refractivity contribution in [3.05, 3.63) is 29.8 Å². The molecule has 0 saturated carbocycles.